The van der Waals surface area contributed by atoms with Crippen molar-refractivity contribution in [3.05, 3.63) is 71.8 Å². The van der Waals surface area contributed by atoms with Crippen LogP contribution in [0.15, 0.2) is 65.6 Å². The van der Waals surface area contributed by atoms with Crippen molar-refractivity contribution >= 4 is 27.3 Å². The number of hydrogen-bond donors (Lipinski definition) is 2. The molecule has 1 unspecified atom stereocenters. The first kappa shape index (κ1) is 25.9. The lowest BCUT2D eigenvalue weighted by Crippen LogP contribution is -2.32. The maximum absolute atomic E-state index is 12.9. The Kier molecular flexibility index (Phi) is 8.24. The van der Waals surface area contributed by atoms with E-state index in [2.05, 4.69) is 10.0 Å². The van der Waals surface area contributed by atoms with Crippen LogP contribution >= 0.6 is 0 Å². The molecule has 0 saturated heterocycles. The molecule has 3 aromatic rings. The second-order valence-corrected chi connectivity index (χ2v) is 9.63. The molecule has 1 amide bonds. The highest BCUT2D eigenvalue weighted by molar-refractivity contribution is 7.92. The summed E-state index contributed by atoms with van der Waals surface area (Å²) < 4.78 is 44.5. The smallest absolute Gasteiger partial charge is 0.265 e. The molecule has 0 aliphatic heterocycles. The molecule has 9 heteroatoms. The molecule has 3 aromatic carbocycles. The summed E-state index contributed by atoms with van der Waals surface area (Å²) in [5, 5.41) is 2.79. The van der Waals surface area contributed by atoms with Crippen LogP contribution in [0.4, 0.5) is 11.4 Å². The van der Waals surface area contributed by atoms with Gasteiger partial charge < -0.3 is 19.5 Å². The quantitative estimate of drug-likeness (QED) is 0.411. The van der Waals surface area contributed by atoms with Crippen LogP contribution in [0.5, 0.6) is 17.2 Å². The van der Waals surface area contributed by atoms with Crippen molar-refractivity contribution in [3.8, 4) is 17.2 Å². The van der Waals surface area contributed by atoms with Gasteiger partial charge >= 0.3 is 0 Å². The van der Waals surface area contributed by atoms with Gasteiger partial charge in [0.05, 0.1) is 24.8 Å². The van der Waals surface area contributed by atoms with Gasteiger partial charge in [-0.05, 0) is 79.9 Å². The Morgan fingerprint density at radius 3 is 2.17 bits per heavy atom. The third kappa shape index (κ3) is 6.45. The molecule has 0 aromatic heterocycles. The van der Waals surface area contributed by atoms with Crippen LogP contribution in [0.1, 0.15) is 24.5 Å². The average Bonchev–Trinajstić information content (AvgIpc) is 2.85. The minimum Gasteiger partial charge on any atom is -0.497 e. The number of nitrogens with one attached hydrogen (secondary N) is 2. The van der Waals surface area contributed by atoms with Gasteiger partial charge in [-0.3, -0.25) is 9.52 Å². The van der Waals surface area contributed by atoms with Gasteiger partial charge in [-0.15, -0.1) is 0 Å². The first-order chi connectivity index (χ1) is 16.7. The number of aryl methyl sites for hydroxylation is 2. The Bertz CT molecular complexity index is 1290. The molecule has 2 N–H and O–H groups in total. The van der Waals surface area contributed by atoms with E-state index in [9.17, 15) is 13.2 Å². The van der Waals surface area contributed by atoms with Gasteiger partial charge in [-0.25, -0.2) is 8.42 Å². The molecule has 3 rings (SSSR count). The molecule has 0 heterocycles. The minimum atomic E-state index is -3.89. The summed E-state index contributed by atoms with van der Waals surface area (Å²) >= 11 is 0. The number of methoxy groups -OCH3 is 2. The van der Waals surface area contributed by atoms with Crippen molar-refractivity contribution in [2.24, 2.45) is 0 Å². The SMILES string of the molecule is CCC(Oc1ccc(C)c(C)c1)C(=O)Nc1ccc(S(=O)(=O)Nc2ccc(OC)cc2OC)cc1. The predicted octanol–water partition coefficient (Wildman–Crippen LogP) is 4.92. The van der Waals surface area contributed by atoms with Crippen LogP contribution in [-0.2, 0) is 14.8 Å². The molecule has 0 fully saturated rings. The Morgan fingerprint density at radius 1 is 0.886 bits per heavy atom. The van der Waals surface area contributed by atoms with Gasteiger partial charge in [0.15, 0.2) is 6.10 Å². The zero-order valence-electron chi connectivity index (χ0n) is 20.4. The highest BCUT2D eigenvalue weighted by Gasteiger charge is 2.20. The molecule has 0 spiro atoms. The van der Waals surface area contributed by atoms with E-state index in [-0.39, 0.29) is 16.5 Å². The van der Waals surface area contributed by atoms with E-state index in [4.69, 9.17) is 14.2 Å². The van der Waals surface area contributed by atoms with E-state index in [0.717, 1.165) is 11.1 Å². The summed E-state index contributed by atoms with van der Waals surface area (Å²) in [7, 11) is -0.935. The van der Waals surface area contributed by atoms with Gasteiger partial charge in [0.2, 0.25) is 0 Å². The molecule has 0 radical (unpaired) electrons. The van der Waals surface area contributed by atoms with Crippen LogP contribution in [0.25, 0.3) is 0 Å². The van der Waals surface area contributed by atoms with Crippen molar-refractivity contribution < 1.29 is 27.4 Å². The summed E-state index contributed by atoms with van der Waals surface area (Å²) in [6.45, 7) is 5.86. The largest absolute Gasteiger partial charge is 0.497 e. The number of amides is 1. The first-order valence-electron chi connectivity index (χ1n) is 11.1. The molecule has 35 heavy (non-hydrogen) atoms. The first-order valence-corrected chi connectivity index (χ1v) is 12.5. The maximum Gasteiger partial charge on any atom is 0.265 e. The molecule has 1 atom stereocenters. The topological polar surface area (TPSA) is 103 Å². The van der Waals surface area contributed by atoms with Crippen molar-refractivity contribution in [3.63, 3.8) is 0 Å². The lowest BCUT2D eigenvalue weighted by Gasteiger charge is -2.18. The van der Waals surface area contributed by atoms with Crippen molar-refractivity contribution in [2.75, 3.05) is 24.3 Å². The summed E-state index contributed by atoms with van der Waals surface area (Å²) in [6, 6.07) is 16.3. The van der Waals surface area contributed by atoms with Gasteiger partial charge in [0.1, 0.15) is 17.2 Å². The lowest BCUT2D eigenvalue weighted by molar-refractivity contribution is -0.122. The van der Waals surface area contributed by atoms with Gasteiger partial charge in [0, 0.05) is 11.8 Å². The molecular weight excluding hydrogens is 468 g/mol. The third-order valence-corrected chi connectivity index (χ3v) is 6.89. The highest BCUT2D eigenvalue weighted by Crippen LogP contribution is 2.31. The minimum absolute atomic E-state index is 0.0341. The van der Waals surface area contributed by atoms with Crippen molar-refractivity contribution in [2.45, 2.75) is 38.2 Å². The summed E-state index contributed by atoms with van der Waals surface area (Å²) in [4.78, 5) is 12.8. The zero-order valence-corrected chi connectivity index (χ0v) is 21.2. The Hall–Kier alpha value is -3.72. The number of carbonyl (C=O) groups is 1. The monoisotopic (exact) mass is 498 g/mol. The van der Waals surface area contributed by atoms with Crippen molar-refractivity contribution in [1.29, 1.82) is 0 Å². The van der Waals surface area contributed by atoms with E-state index in [0.29, 0.717) is 29.4 Å². The van der Waals surface area contributed by atoms with E-state index >= 15 is 0 Å². The fraction of sp³-hybridized carbons (Fsp3) is 0.269. The Balaban J connectivity index is 1.69. The maximum atomic E-state index is 12.9. The van der Waals surface area contributed by atoms with Gasteiger partial charge in [0.25, 0.3) is 15.9 Å². The molecule has 0 saturated carbocycles. The van der Waals surface area contributed by atoms with E-state index < -0.39 is 16.1 Å². The number of anilines is 2. The van der Waals surface area contributed by atoms with Gasteiger partial charge in [-0.2, -0.15) is 0 Å². The number of benzene rings is 3. The van der Waals surface area contributed by atoms with Crippen LogP contribution < -0.4 is 24.2 Å². The van der Waals surface area contributed by atoms with E-state index in [1.165, 1.54) is 38.5 Å². The third-order valence-electron chi connectivity index (χ3n) is 5.51. The number of rotatable bonds is 10. The number of ether oxygens (including phenoxy) is 3. The van der Waals surface area contributed by atoms with Crippen LogP contribution in [-0.4, -0.2) is 34.6 Å². The zero-order chi connectivity index (χ0) is 25.6. The molecule has 186 valence electrons. The number of hydrogen-bond acceptors (Lipinski definition) is 6. The number of sulfonamides is 1. The normalized spacial score (nSPS) is 11.9. The fourth-order valence-corrected chi connectivity index (χ4v) is 4.37. The Morgan fingerprint density at radius 2 is 1.57 bits per heavy atom. The molecular formula is C26H30N2O6S. The Labute approximate surface area is 206 Å². The van der Waals surface area contributed by atoms with Crippen LogP contribution in [0.2, 0.25) is 0 Å². The standard InChI is InChI=1S/C26H30N2O6S/c1-6-24(34-21-10-7-17(2)18(3)15-21)26(29)27-19-8-12-22(13-9-19)35(30,31)28-23-14-11-20(32-4)16-25(23)33-5/h7-16,24,28H,6H2,1-5H3,(H,27,29). The van der Waals surface area contributed by atoms with Crippen molar-refractivity contribution in [1.82, 2.24) is 0 Å². The van der Waals surface area contributed by atoms with Crippen LogP contribution in [0.3, 0.4) is 0 Å². The van der Waals surface area contributed by atoms with Crippen LogP contribution in [0, 0.1) is 13.8 Å². The predicted molar refractivity (Wildman–Crippen MR) is 136 cm³/mol. The molecule has 0 bridgehead atoms. The molecule has 0 aliphatic carbocycles. The fourth-order valence-electron chi connectivity index (χ4n) is 3.30. The van der Waals surface area contributed by atoms with E-state index in [1.54, 1.807) is 18.2 Å². The highest BCUT2D eigenvalue weighted by atomic mass is 32.2. The summed E-state index contributed by atoms with van der Waals surface area (Å²) in [5.74, 6) is 1.17. The molecule has 8 nitrogen and oxygen atoms in total. The summed E-state index contributed by atoms with van der Waals surface area (Å²) in [6.07, 6.45) is -0.219. The molecule has 0 aliphatic rings. The second-order valence-electron chi connectivity index (χ2n) is 7.95. The van der Waals surface area contributed by atoms with E-state index in [1.807, 2.05) is 39.0 Å². The second kappa shape index (κ2) is 11.1. The van der Waals surface area contributed by atoms with Gasteiger partial charge in [-0.1, -0.05) is 13.0 Å². The number of carbonyl (C=O) groups excluding carboxylic acids is 1. The summed E-state index contributed by atoms with van der Waals surface area (Å²) in [5.41, 5.74) is 2.96. The average molecular weight is 499 g/mol. The lowest BCUT2D eigenvalue weighted by atomic mass is 10.1.